The van der Waals surface area contributed by atoms with E-state index >= 15 is 0 Å². The lowest BCUT2D eigenvalue weighted by Crippen LogP contribution is -2.27. The molecule has 0 saturated heterocycles. The monoisotopic (exact) mass is 368 g/mol. The van der Waals surface area contributed by atoms with E-state index in [0.29, 0.717) is 17.7 Å². The number of aliphatic hydroxyl groups excluding tert-OH is 1. The van der Waals surface area contributed by atoms with E-state index in [1.54, 1.807) is 6.20 Å². The zero-order valence-corrected chi connectivity index (χ0v) is 15.3. The Hall–Kier alpha value is -3.50. The van der Waals surface area contributed by atoms with Crippen LogP contribution in [0.25, 0.3) is 11.1 Å². The van der Waals surface area contributed by atoms with Crippen LogP contribution in [-0.4, -0.2) is 14.9 Å². The first kappa shape index (κ1) is 17.9. The van der Waals surface area contributed by atoms with Crippen molar-refractivity contribution in [3.8, 4) is 11.1 Å². The van der Waals surface area contributed by atoms with Gasteiger partial charge in [-0.1, -0.05) is 91.0 Å². The number of nitrogens with zero attached hydrogens (tertiary/aromatic N) is 2. The summed E-state index contributed by atoms with van der Waals surface area (Å²) in [4.78, 5) is 13.3. The van der Waals surface area contributed by atoms with Crippen molar-refractivity contribution in [3.05, 3.63) is 124 Å². The molecule has 0 fully saturated rings. The summed E-state index contributed by atoms with van der Waals surface area (Å²) in [6.07, 6.45) is 0.674. The van der Waals surface area contributed by atoms with Crippen molar-refractivity contribution in [1.82, 2.24) is 9.78 Å². The summed E-state index contributed by atoms with van der Waals surface area (Å²) in [5.41, 5.74) is 3.24. The van der Waals surface area contributed by atoms with Crippen molar-refractivity contribution in [2.45, 2.75) is 12.6 Å². The molecule has 0 amide bonds. The minimum Gasteiger partial charge on any atom is -0.384 e. The van der Waals surface area contributed by atoms with Crippen LogP contribution >= 0.6 is 0 Å². The maximum Gasteiger partial charge on any atom is 0.275 e. The highest BCUT2D eigenvalue weighted by Crippen LogP contribution is 2.28. The van der Waals surface area contributed by atoms with Crippen molar-refractivity contribution in [2.24, 2.45) is 0 Å². The van der Waals surface area contributed by atoms with E-state index in [9.17, 15) is 9.90 Å². The number of aliphatic hydroxyl groups is 1. The van der Waals surface area contributed by atoms with Gasteiger partial charge in [-0.2, -0.15) is 5.10 Å². The highest BCUT2D eigenvalue weighted by molar-refractivity contribution is 5.67. The molecule has 0 bridgehead atoms. The molecular weight excluding hydrogens is 348 g/mol. The average Bonchev–Trinajstić information content (AvgIpc) is 2.76. The standard InChI is InChI=1S/C24H20N2O2/c27-23(20-14-8-3-9-15-20)21-16-25-26(17-18-10-4-1-5-11-18)24(28)22(21)19-12-6-2-7-13-19/h1-16,23,27H,17H2. The Morgan fingerprint density at radius 2 is 1.39 bits per heavy atom. The van der Waals surface area contributed by atoms with Gasteiger partial charge in [-0.3, -0.25) is 4.79 Å². The fourth-order valence-corrected chi connectivity index (χ4v) is 3.29. The van der Waals surface area contributed by atoms with Gasteiger partial charge < -0.3 is 5.11 Å². The quantitative estimate of drug-likeness (QED) is 0.578. The Bertz CT molecular complexity index is 1110. The second-order valence-electron chi connectivity index (χ2n) is 6.60. The van der Waals surface area contributed by atoms with Gasteiger partial charge in [-0.05, 0) is 16.7 Å². The van der Waals surface area contributed by atoms with Crippen LogP contribution in [-0.2, 0) is 6.54 Å². The second-order valence-corrected chi connectivity index (χ2v) is 6.60. The van der Waals surface area contributed by atoms with Crippen LogP contribution in [0.15, 0.2) is 102 Å². The third-order valence-electron chi connectivity index (χ3n) is 4.72. The van der Waals surface area contributed by atoms with E-state index < -0.39 is 6.10 Å². The van der Waals surface area contributed by atoms with Gasteiger partial charge in [0.1, 0.15) is 6.10 Å². The largest absolute Gasteiger partial charge is 0.384 e. The maximum atomic E-state index is 13.3. The van der Waals surface area contributed by atoms with E-state index in [-0.39, 0.29) is 5.56 Å². The summed E-state index contributed by atoms with van der Waals surface area (Å²) in [7, 11) is 0. The molecule has 1 unspecified atom stereocenters. The fraction of sp³-hybridized carbons (Fsp3) is 0.0833. The van der Waals surface area contributed by atoms with Crippen molar-refractivity contribution in [1.29, 1.82) is 0 Å². The third-order valence-corrected chi connectivity index (χ3v) is 4.72. The van der Waals surface area contributed by atoms with Crippen LogP contribution in [0, 0.1) is 0 Å². The van der Waals surface area contributed by atoms with E-state index in [1.165, 1.54) is 4.68 Å². The number of hydrogen-bond donors (Lipinski definition) is 1. The lowest BCUT2D eigenvalue weighted by Gasteiger charge is -2.17. The lowest BCUT2D eigenvalue weighted by atomic mass is 9.95. The van der Waals surface area contributed by atoms with E-state index in [1.807, 2.05) is 91.0 Å². The molecule has 1 N–H and O–H groups in total. The third kappa shape index (κ3) is 3.63. The van der Waals surface area contributed by atoms with Gasteiger partial charge in [0.05, 0.1) is 18.3 Å². The molecule has 3 aromatic carbocycles. The molecule has 0 aliphatic carbocycles. The van der Waals surface area contributed by atoms with Gasteiger partial charge >= 0.3 is 0 Å². The highest BCUT2D eigenvalue weighted by atomic mass is 16.3. The Kier molecular flexibility index (Phi) is 5.13. The van der Waals surface area contributed by atoms with Crippen molar-refractivity contribution in [3.63, 3.8) is 0 Å². The average molecular weight is 368 g/mol. The van der Waals surface area contributed by atoms with Crippen LogP contribution < -0.4 is 5.56 Å². The minimum absolute atomic E-state index is 0.220. The Balaban J connectivity index is 1.85. The smallest absolute Gasteiger partial charge is 0.275 e. The SMILES string of the molecule is O=c1c(-c2ccccc2)c(C(O)c2ccccc2)cnn1Cc1ccccc1. The first-order chi connectivity index (χ1) is 13.7. The van der Waals surface area contributed by atoms with Gasteiger partial charge in [0.25, 0.3) is 5.56 Å². The van der Waals surface area contributed by atoms with Gasteiger partial charge in [0.2, 0.25) is 0 Å². The van der Waals surface area contributed by atoms with Gasteiger partial charge in [0.15, 0.2) is 0 Å². The zero-order valence-electron chi connectivity index (χ0n) is 15.3. The van der Waals surface area contributed by atoms with E-state index in [0.717, 1.165) is 16.7 Å². The first-order valence-corrected chi connectivity index (χ1v) is 9.16. The number of aromatic nitrogens is 2. The Morgan fingerprint density at radius 1 is 0.821 bits per heavy atom. The van der Waals surface area contributed by atoms with Gasteiger partial charge in [0, 0.05) is 5.56 Å². The normalized spacial score (nSPS) is 11.9. The van der Waals surface area contributed by atoms with Crippen LogP contribution in [0.3, 0.4) is 0 Å². The number of hydrogen-bond acceptors (Lipinski definition) is 3. The molecule has 4 heteroatoms. The highest BCUT2D eigenvalue weighted by Gasteiger charge is 2.20. The van der Waals surface area contributed by atoms with Crippen LogP contribution in [0.1, 0.15) is 22.8 Å². The first-order valence-electron chi connectivity index (χ1n) is 9.16. The zero-order chi connectivity index (χ0) is 19.3. The lowest BCUT2D eigenvalue weighted by molar-refractivity contribution is 0.219. The van der Waals surface area contributed by atoms with Gasteiger partial charge in [-0.25, -0.2) is 4.68 Å². The number of rotatable bonds is 5. The molecule has 4 nitrogen and oxygen atoms in total. The molecule has 0 aliphatic heterocycles. The van der Waals surface area contributed by atoms with Crippen LogP contribution in [0.5, 0.6) is 0 Å². The predicted octanol–water partition coefficient (Wildman–Crippen LogP) is 4.04. The summed E-state index contributed by atoms with van der Waals surface area (Å²) in [5.74, 6) is 0. The molecular formula is C24H20N2O2. The Morgan fingerprint density at radius 3 is 2.04 bits per heavy atom. The van der Waals surface area contributed by atoms with Crippen molar-refractivity contribution >= 4 is 0 Å². The molecule has 138 valence electrons. The molecule has 0 aliphatic rings. The molecule has 4 rings (SSSR count). The van der Waals surface area contributed by atoms with Gasteiger partial charge in [-0.15, -0.1) is 0 Å². The second kappa shape index (κ2) is 8.03. The van der Waals surface area contributed by atoms with Crippen LogP contribution in [0.4, 0.5) is 0 Å². The Labute approximate surface area is 163 Å². The van der Waals surface area contributed by atoms with E-state index in [2.05, 4.69) is 5.10 Å². The molecule has 1 aromatic heterocycles. The molecule has 1 heterocycles. The van der Waals surface area contributed by atoms with E-state index in [4.69, 9.17) is 0 Å². The fourth-order valence-electron chi connectivity index (χ4n) is 3.29. The number of benzene rings is 3. The topological polar surface area (TPSA) is 55.1 Å². The van der Waals surface area contributed by atoms with Crippen LogP contribution in [0.2, 0.25) is 0 Å². The molecule has 0 radical (unpaired) electrons. The summed E-state index contributed by atoms with van der Waals surface area (Å²) in [6, 6.07) is 28.5. The minimum atomic E-state index is -0.928. The van der Waals surface area contributed by atoms with Crippen molar-refractivity contribution in [2.75, 3.05) is 0 Å². The molecule has 0 saturated carbocycles. The molecule has 28 heavy (non-hydrogen) atoms. The van der Waals surface area contributed by atoms with Crippen molar-refractivity contribution < 1.29 is 5.11 Å². The summed E-state index contributed by atoms with van der Waals surface area (Å²) in [6.45, 7) is 0.376. The summed E-state index contributed by atoms with van der Waals surface area (Å²) < 4.78 is 1.44. The summed E-state index contributed by atoms with van der Waals surface area (Å²) >= 11 is 0. The molecule has 0 spiro atoms. The summed E-state index contributed by atoms with van der Waals surface area (Å²) in [5, 5.41) is 15.3. The maximum absolute atomic E-state index is 13.3. The molecule has 4 aromatic rings. The molecule has 1 atom stereocenters. The predicted molar refractivity (Wildman–Crippen MR) is 110 cm³/mol.